The molecule has 0 aromatic heterocycles. The minimum atomic E-state index is -3.24. The Morgan fingerprint density at radius 1 is 1.20 bits per heavy atom. The van der Waals surface area contributed by atoms with Crippen molar-refractivity contribution in [3.63, 3.8) is 0 Å². The quantitative estimate of drug-likeness (QED) is 0.831. The second kappa shape index (κ2) is 6.08. The van der Waals surface area contributed by atoms with Gasteiger partial charge >= 0.3 is 0 Å². The second-order valence-electron chi connectivity index (χ2n) is 6.47. The Morgan fingerprint density at radius 3 is 2.65 bits per heavy atom. The Kier molecular flexibility index (Phi) is 5.02. The number of hydrogen-bond acceptors (Lipinski definition) is 3. The molecule has 5 nitrogen and oxygen atoms in total. The molecule has 3 aliphatic heterocycles. The Labute approximate surface area is 128 Å². The number of rotatable bonds is 2. The SMILES string of the molecule is CC1CCCCN1S(=O)(=O)N1CCC2(CCNC2)C1.Cl. The molecule has 3 saturated heterocycles. The standard InChI is InChI=1S/C13H25N3O2S.ClH/c1-12-4-2-3-8-16(12)19(17,18)15-9-6-13(11-15)5-7-14-10-13;/h12,14H,2-11H2,1H3;1H. The summed E-state index contributed by atoms with van der Waals surface area (Å²) in [6.45, 7) is 6.17. The number of nitrogens with zero attached hydrogens (tertiary/aromatic N) is 2. The van der Waals surface area contributed by atoms with E-state index in [1.807, 2.05) is 6.92 Å². The third-order valence-corrected chi connectivity index (χ3v) is 7.20. The van der Waals surface area contributed by atoms with E-state index in [9.17, 15) is 8.42 Å². The first kappa shape index (κ1) is 16.5. The molecule has 3 aliphatic rings. The molecule has 0 aromatic carbocycles. The fourth-order valence-electron chi connectivity index (χ4n) is 3.80. The van der Waals surface area contributed by atoms with Gasteiger partial charge in [0.05, 0.1) is 0 Å². The predicted octanol–water partition coefficient (Wildman–Crippen LogP) is 1.21. The first-order valence-corrected chi connectivity index (χ1v) is 8.91. The van der Waals surface area contributed by atoms with Crippen LogP contribution in [-0.2, 0) is 10.2 Å². The van der Waals surface area contributed by atoms with Crippen molar-refractivity contribution in [3.05, 3.63) is 0 Å². The van der Waals surface area contributed by atoms with E-state index in [2.05, 4.69) is 5.32 Å². The van der Waals surface area contributed by atoms with Crippen molar-refractivity contribution in [1.82, 2.24) is 13.9 Å². The molecule has 0 saturated carbocycles. The summed E-state index contributed by atoms with van der Waals surface area (Å²) in [4.78, 5) is 0. The van der Waals surface area contributed by atoms with E-state index in [0.717, 1.165) is 45.2 Å². The number of nitrogens with one attached hydrogen (secondary N) is 1. The number of halogens is 1. The van der Waals surface area contributed by atoms with Crippen molar-refractivity contribution in [2.75, 3.05) is 32.7 Å². The van der Waals surface area contributed by atoms with E-state index in [-0.39, 0.29) is 23.9 Å². The molecule has 3 heterocycles. The highest BCUT2D eigenvalue weighted by Gasteiger charge is 2.46. The van der Waals surface area contributed by atoms with Crippen molar-refractivity contribution in [1.29, 1.82) is 0 Å². The van der Waals surface area contributed by atoms with Crippen molar-refractivity contribution in [2.24, 2.45) is 5.41 Å². The molecular formula is C13H26ClN3O2S. The molecule has 0 amide bonds. The highest BCUT2D eigenvalue weighted by Crippen LogP contribution is 2.38. The highest BCUT2D eigenvalue weighted by molar-refractivity contribution is 7.86. The normalized spacial score (nSPS) is 36.4. The molecule has 20 heavy (non-hydrogen) atoms. The van der Waals surface area contributed by atoms with Crippen molar-refractivity contribution < 1.29 is 8.42 Å². The van der Waals surface area contributed by atoms with Gasteiger partial charge in [-0.2, -0.15) is 17.0 Å². The summed E-state index contributed by atoms with van der Waals surface area (Å²) >= 11 is 0. The predicted molar refractivity (Wildman–Crippen MR) is 82.3 cm³/mol. The molecule has 1 spiro atoms. The van der Waals surface area contributed by atoms with E-state index < -0.39 is 10.2 Å². The topological polar surface area (TPSA) is 52.7 Å². The minimum Gasteiger partial charge on any atom is -0.316 e. The third-order valence-electron chi connectivity index (χ3n) is 5.10. The maximum absolute atomic E-state index is 12.8. The summed E-state index contributed by atoms with van der Waals surface area (Å²) in [6, 6.07) is 0.164. The van der Waals surface area contributed by atoms with Crippen LogP contribution in [0.3, 0.4) is 0 Å². The van der Waals surface area contributed by atoms with Gasteiger partial charge in [-0.05, 0) is 44.6 Å². The highest BCUT2D eigenvalue weighted by atomic mass is 35.5. The van der Waals surface area contributed by atoms with Crippen molar-refractivity contribution in [2.45, 2.75) is 45.1 Å². The molecule has 0 aromatic rings. The number of hydrogen-bond donors (Lipinski definition) is 1. The maximum Gasteiger partial charge on any atom is 0.282 e. The fraction of sp³-hybridized carbons (Fsp3) is 1.00. The Hall–Kier alpha value is 0.120. The average molecular weight is 324 g/mol. The Bertz CT molecular complexity index is 437. The zero-order valence-electron chi connectivity index (χ0n) is 12.2. The Balaban J connectivity index is 0.00000147. The summed E-state index contributed by atoms with van der Waals surface area (Å²) in [5, 5.41) is 3.38. The first-order valence-electron chi connectivity index (χ1n) is 7.51. The molecule has 0 bridgehead atoms. The Morgan fingerprint density at radius 2 is 2.00 bits per heavy atom. The van der Waals surface area contributed by atoms with Crippen LogP contribution in [-0.4, -0.2) is 55.8 Å². The van der Waals surface area contributed by atoms with Gasteiger partial charge in [0.2, 0.25) is 0 Å². The van der Waals surface area contributed by atoms with Gasteiger partial charge in [0.15, 0.2) is 0 Å². The lowest BCUT2D eigenvalue weighted by molar-refractivity contribution is 0.245. The van der Waals surface area contributed by atoms with Crippen LogP contribution in [0, 0.1) is 5.41 Å². The van der Waals surface area contributed by atoms with Crippen LogP contribution in [0.2, 0.25) is 0 Å². The molecule has 118 valence electrons. The van der Waals surface area contributed by atoms with Crippen LogP contribution in [0.15, 0.2) is 0 Å². The molecule has 0 aliphatic carbocycles. The molecule has 2 atom stereocenters. The van der Waals surface area contributed by atoms with Gasteiger partial charge in [0, 0.05) is 32.2 Å². The third kappa shape index (κ3) is 2.86. The van der Waals surface area contributed by atoms with Crippen molar-refractivity contribution >= 4 is 22.6 Å². The summed E-state index contributed by atoms with van der Waals surface area (Å²) in [7, 11) is -3.24. The van der Waals surface area contributed by atoms with Gasteiger partial charge in [-0.15, -0.1) is 12.4 Å². The molecule has 1 N–H and O–H groups in total. The smallest absolute Gasteiger partial charge is 0.282 e. The van der Waals surface area contributed by atoms with Crippen molar-refractivity contribution in [3.8, 4) is 0 Å². The summed E-state index contributed by atoms with van der Waals surface area (Å²) in [5.74, 6) is 0. The van der Waals surface area contributed by atoms with E-state index in [1.54, 1.807) is 8.61 Å². The molecule has 3 fully saturated rings. The average Bonchev–Trinajstić information content (AvgIpc) is 3.01. The largest absolute Gasteiger partial charge is 0.316 e. The minimum absolute atomic E-state index is 0. The lowest BCUT2D eigenvalue weighted by Crippen LogP contribution is -2.49. The molecule has 7 heteroatoms. The maximum atomic E-state index is 12.8. The second-order valence-corrected chi connectivity index (χ2v) is 8.35. The van der Waals surface area contributed by atoms with Crippen LogP contribution < -0.4 is 5.32 Å². The lowest BCUT2D eigenvalue weighted by atomic mass is 9.87. The van der Waals surface area contributed by atoms with Crippen LogP contribution >= 0.6 is 12.4 Å². The number of piperidine rings is 1. The van der Waals surface area contributed by atoms with Crippen LogP contribution in [0.1, 0.15) is 39.0 Å². The molecule has 3 rings (SSSR count). The summed E-state index contributed by atoms with van der Waals surface area (Å²) in [5.41, 5.74) is 0.214. The fourth-order valence-corrected chi connectivity index (χ4v) is 5.77. The van der Waals surface area contributed by atoms with Gasteiger partial charge in [-0.3, -0.25) is 0 Å². The van der Waals surface area contributed by atoms with Crippen LogP contribution in [0.5, 0.6) is 0 Å². The molecular weight excluding hydrogens is 298 g/mol. The van der Waals surface area contributed by atoms with Gasteiger partial charge in [-0.25, -0.2) is 0 Å². The zero-order chi connectivity index (χ0) is 13.5. The zero-order valence-corrected chi connectivity index (χ0v) is 13.8. The van der Waals surface area contributed by atoms with Gasteiger partial charge < -0.3 is 5.32 Å². The van der Waals surface area contributed by atoms with Gasteiger partial charge in [-0.1, -0.05) is 6.42 Å². The van der Waals surface area contributed by atoms with E-state index in [0.29, 0.717) is 19.6 Å². The van der Waals surface area contributed by atoms with E-state index in [1.165, 1.54) is 0 Å². The van der Waals surface area contributed by atoms with Crippen LogP contribution in [0.4, 0.5) is 0 Å². The first-order chi connectivity index (χ1) is 9.04. The van der Waals surface area contributed by atoms with E-state index in [4.69, 9.17) is 0 Å². The summed E-state index contributed by atoms with van der Waals surface area (Å²) in [6.07, 6.45) is 5.29. The molecule has 2 unspecified atom stereocenters. The van der Waals surface area contributed by atoms with Gasteiger partial charge in [0.25, 0.3) is 10.2 Å². The summed E-state index contributed by atoms with van der Waals surface area (Å²) < 4.78 is 29.0. The molecule has 0 radical (unpaired) electrons. The monoisotopic (exact) mass is 323 g/mol. The van der Waals surface area contributed by atoms with Gasteiger partial charge in [0.1, 0.15) is 0 Å². The van der Waals surface area contributed by atoms with E-state index >= 15 is 0 Å². The van der Waals surface area contributed by atoms with Crippen LogP contribution in [0.25, 0.3) is 0 Å². The lowest BCUT2D eigenvalue weighted by Gasteiger charge is -2.35.